The molecule has 0 aliphatic carbocycles. The maximum atomic E-state index is 11.8. The first-order valence-corrected chi connectivity index (χ1v) is 9.36. The minimum Gasteiger partial charge on any atom is -0.356 e. The first kappa shape index (κ1) is 18.2. The lowest BCUT2D eigenvalue weighted by Gasteiger charge is -2.18. The standard InChI is InChI=1S/C19H28N6O/c1-3-18(26)24-12-9-15(13-24)23-19(20-2)21-10-6-11-25-14-22-16-7-4-5-8-17(16)25/h4-5,7-8,14-15H,3,6,9-13H2,1-2H3,(H2,20,21,23). The number of aliphatic imine (C=N–C) groups is 1. The summed E-state index contributed by atoms with van der Waals surface area (Å²) in [5.41, 5.74) is 2.20. The van der Waals surface area contributed by atoms with Gasteiger partial charge in [-0.1, -0.05) is 19.1 Å². The van der Waals surface area contributed by atoms with E-state index in [-0.39, 0.29) is 11.9 Å². The molecule has 1 saturated heterocycles. The third-order valence-electron chi connectivity index (χ3n) is 4.80. The van der Waals surface area contributed by atoms with Crippen molar-refractivity contribution in [1.82, 2.24) is 25.1 Å². The van der Waals surface area contributed by atoms with Crippen molar-refractivity contribution in [3.63, 3.8) is 0 Å². The van der Waals surface area contributed by atoms with Gasteiger partial charge in [0, 0.05) is 45.7 Å². The van der Waals surface area contributed by atoms with Crippen molar-refractivity contribution >= 4 is 22.9 Å². The van der Waals surface area contributed by atoms with E-state index in [2.05, 4.69) is 31.2 Å². The first-order valence-electron chi connectivity index (χ1n) is 9.36. The molecule has 0 saturated carbocycles. The molecule has 1 aliphatic rings. The zero-order valence-corrected chi connectivity index (χ0v) is 15.6. The number of nitrogens with zero attached hydrogens (tertiary/aromatic N) is 4. The predicted molar refractivity (Wildman–Crippen MR) is 104 cm³/mol. The molecule has 3 rings (SSSR count). The van der Waals surface area contributed by atoms with E-state index in [0.717, 1.165) is 50.5 Å². The Morgan fingerprint density at radius 2 is 2.23 bits per heavy atom. The van der Waals surface area contributed by atoms with Gasteiger partial charge < -0.3 is 20.1 Å². The van der Waals surface area contributed by atoms with E-state index in [0.29, 0.717) is 6.42 Å². The summed E-state index contributed by atoms with van der Waals surface area (Å²) in [6.07, 6.45) is 4.41. The number of guanidine groups is 1. The van der Waals surface area contributed by atoms with Crippen LogP contribution in [0.2, 0.25) is 0 Å². The van der Waals surface area contributed by atoms with E-state index in [4.69, 9.17) is 0 Å². The molecule has 7 heteroatoms. The van der Waals surface area contributed by atoms with Crippen LogP contribution >= 0.6 is 0 Å². The highest BCUT2D eigenvalue weighted by molar-refractivity contribution is 5.80. The third kappa shape index (κ3) is 4.33. The van der Waals surface area contributed by atoms with Crippen molar-refractivity contribution in [3.05, 3.63) is 30.6 Å². The summed E-state index contributed by atoms with van der Waals surface area (Å²) in [6.45, 7) is 5.24. The summed E-state index contributed by atoms with van der Waals surface area (Å²) in [6, 6.07) is 8.45. The fourth-order valence-electron chi connectivity index (χ4n) is 3.36. The number of para-hydroxylation sites is 2. The molecule has 2 N–H and O–H groups in total. The molecule has 0 radical (unpaired) electrons. The van der Waals surface area contributed by atoms with Crippen molar-refractivity contribution < 1.29 is 4.79 Å². The Balaban J connectivity index is 1.41. The molecule has 1 aliphatic heterocycles. The second-order valence-corrected chi connectivity index (χ2v) is 6.60. The van der Waals surface area contributed by atoms with Crippen LogP contribution in [0.3, 0.4) is 0 Å². The molecular weight excluding hydrogens is 328 g/mol. The van der Waals surface area contributed by atoms with E-state index in [1.54, 1.807) is 7.05 Å². The van der Waals surface area contributed by atoms with E-state index in [1.807, 2.05) is 36.4 Å². The Morgan fingerprint density at radius 1 is 1.38 bits per heavy atom. The van der Waals surface area contributed by atoms with Gasteiger partial charge in [-0.2, -0.15) is 0 Å². The Morgan fingerprint density at radius 3 is 3.04 bits per heavy atom. The quantitative estimate of drug-likeness (QED) is 0.468. The number of fused-ring (bicyclic) bond motifs is 1. The average molecular weight is 356 g/mol. The Kier molecular flexibility index (Phi) is 6.09. The zero-order chi connectivity index (χ0) is 18.4. The third-order valence-corrected chi connectivity index (χ3v) is 4.80. The van der Waals surface area contributed by atoms with Gasteiger partial charge in [0.05, 0.1) is 17.4 Å². The molecule has 1 atom stereocenters. The summed E-state index contributed by atoms with van der Waals surface area (Å²) >= 11 is 0. The fourth-order valence-corrected chi connectivity index (χ4v) is 3.36. The topological polar surface area (TPSA) is 74.6 Å². The number of nitrogens with one attached hydrogen (secondary N) is 2. The van der Waals surface area contributed by atoms with Crippen LogP contribution in [0.5, 0.6) is 0 Å². The smallest absolute Gasteiger partial charge is 0.222 e. The summed E-state index contributed by atoms with van der Waals surface area (Å²) < 4.78 is 2.18. The molecule has 140 valence electrons. The van der Waals surface area contributed by atoms with Crippen LogP contribution in [0.4, 0.5) is 0 Å². The normalized spacial score (nSPS) is 17.7. The Labute approximate surface area is 154 Å². The van der Waals surface area contributed by atoms with Crippen molar-refractivity contribution in [3.8, 4) is 0 Å². The lowest BCUT2D eigenvalue weighted by Crippen LogP contribution is -2.45. The molecule has 2 aromatic rings. The van der Waals surface area contributed by atoms with Gasteiger partial charge in [0.1, 0.15) is 0 Å². The van der Waals surface area contributed by atoms with Gasteiger partial charge in [0.15, 0.2) is 5.96 Å². The number of hydrogen-bond donors (Lipinski definition) is 2. The Bertz CT molecular complexity index is 768. The van der Waals surface area contributed by atoms with E-state index < -0.39 is 0 Å². The molecule has 1 aromatic heterocycles. The van der Waals surface area contributed by atoms with Gasteiger partial charge in [-0.15, -0.1) is 0 Å². The van der Waals surface area contributed by atoms with Crippen LogP contribution in [0.15, 0.2) is 35.6 Å². The molecule has 7 nitrogen and oxygen atoms in total. The molecule has 0 bridgehead atoms. The highest BCUT2D eigenvalue weighted by atomic mass is 16.2. The van der Waals surface area contributed by atoms with Gasteiger partial charge >= 0.3 is 0 Å². The number of carbonyl (C=O) groups is 1. The number of likely N-dealkylation sites (tertiary alicyclic amines) is 1. The molecule has 2 heterocycles. The highest BCUT2D eigenvalue weighted by Gasteiger charge is 2.25. The zero-order valence-electron chi connectivity index (χ0n) is 15.6. The van der Waals surface area contributed by atoms with Gasteiger partial charge in [-0.3, -0.25) is 9.79 Å². The molecule has 1 aromatic carbocycles. The van der Waals surface area contributed by atoms with Crippen LogP contribution in [0.1, 0.15) is 26.2 Å². The van der Waals surface area contributed by atoms with Crippen molar-refractivity contribution in [2.45, 2.75) is 38.8 Å². The number of aromatic nitrogens is 2. The summed E-state index contributed by atoms with van der Waals surface area (Å²) in [7, 11) is 1.78. The second-order valence-electron chi connectivity index (χ2n) is 6.60. The summed E-state index contributed by atoms with van der Waals surface area (Å²) in [5, 5.41) is 6.79. The SMILES string of the molecule is CCC(=O)N1CCC(NC(=NC)NCCCn2cnc3ccccc32)C1. The van der Waals surface area contributed by atoms with Crippen LogP contribution < -0.4 is 10.6 Å². The van der Waals surface area contributed by atoms with Gasteiger partial charge in [0.25, 0.3) is 0 Å². The van der Waals surface area contributed by atoms with Crippen molar-refractivity contribution in [2.24, 2.45) is 4.99 Å². The van der Waals surface area contributed by atoms with Crippen molar-refractivity contribution in [1.29, 1.82) is 0 Å². The number of aryl methyl sites for hydroxylation is 1. The molecule has 0 spiro atoms. The number of imidazole rings is 1. The highest BCUT2D eigenvalue weighted by Crippen LogP contribution is 2.12. The summed E-state index contributed by atoms with van der Waals surface area (Å²) in [4.78, 5) is 22.4. The molecular formula is C19H28N6O. The largest absolute Gasteiger partial charge is 0.356 e. The van der Waals surface area contributed by atoms with Crippen LogP contribution in [0, 0.1) is 0 Å². The fraction of sp³-hybridized carbons (Fsp3) is 0.526. The Hall–Kier alpha value is -2.57. The predicted octanol–water partition coefficient (Wildman–Crippen LogP) is 1.60. The maximum Gasteiger partial charge on any atom is 0.222 e. The van der Waals surface area contributed by atoms with E-state index in [9.17, 15) is 4.79 Å². The number of hydrogen-bond acceptors (Lipinski definition) is 3. The van der Waals surface area contributed by atoms with Crippen LogP contribution in [-0.4, -0.2) is 59.0 Å². The first-order chi connectivity index (χ1) is 12.7. The number of carbonyl (C=O) groups excluding carboxylic acids is 1. The van der Waals surface area contributed by atoms with Crippen molar-refractivity contribution in [2.75, 3.05) is 26.7 Å². The molecule has 26 heavy (non-hydrogen) atoms. The molecule has 1 unspecified atom stereocenters. The number of rotatable bonds is 6. The van der Waals surface area contributed by atoms with E-state index in [1.165, 1.54) is 5.52 Å². The second kappa shape index (κ2) is 8.69. The lowest BCUT2D eigenvalue weighted by molar-refractivity contribution is -0.129. The van der Waals surface area contributed by atoms with Gasteiger partial charge in [-0.05, 0) is 25.0 Å². The summed E-state index contributed by atoms with van der Waals surface area (Å²) in [5.74, 6) is 1.03. The number of benzene rings is 1. The minimum atomic E-state index is 0.227. The molecule has 1 amide bonds. The van der Waals surface area contributed by atoms with E-state index >= 15 is 0 Å². The average Bonchev–Trinajstić information content (AvgIpc) is 3.30. The van der Waals surface area contributed by atoms with Crippen LogP contribution in [0.25, 0.3) is 11.0 Å². The lowest BCUT2D eigenvalue weighted by atomic mass is 10.3. The van der Waals surface area contributed by atoms with Crippen LogP contribution in [-0.2, 0) is 11.3 Å². The number of amides is 1. The maximum absolute atomic E-state index is 11.8. The molecule has 1 fully saturated rings. The van der Waals surface area contributed by atoms with Gasteiger partial charge in [0.2, 0.25) is 5.91 Å². The monoisotopic (exact) mass is 356 g/mol. The van der Waals surface area contributed by atoms with Gasteiger partial charge in [-0.25, -0.2) is 4.98 Å². The minimum absolute atomic E-state index is 0.227.